The molecular formula is C56H70N10O7S. The van der Waals surface area contributed by atoms with Gasteiger partial charge in [-0.05, 0) is 107 Å². The third-order valence-electron chi connectivity index (χ3n) is 15.8. The molecule has 0 bridgehead atoms. The summed E-state index contributed by atoms with van der Waals surface area (Å²) in [4.78, 5) is 108. The number of pyridine rings is 2. The molecule has 1 unspecified atom stereocenters. The van der Waals surface area contributed by atoms with Gasteiger partial charge in [-0.15, -0.1) is 11.3 Å². The number of nitrogens with one attached hydrogen (secondary N) is 2. The minimum absolute atomic E-state index is 0.00585. The average Bonchev–Trinajstić information content (AvgIpc) is 4.17. The SMILES string of the molecule is CC(=O)c1c(C)c2cnc(Cc3ccc(N4CCN(C(=O)C5CCN(CC(=O)N[C@H](C(=O)C6C[C@H](O)C[C@H]6C(=O)NCc6ccc(-c7scnc7C)cc6)C(C)(C)C)CC5)CC4)cn3)nc2n(C2CCCC2)c1=O. The van der Waals surface area contributed by atoms with E-state index in [1.165, 1.54) is 6.92 Å². The number of carbonyl (C=O) groups is 5. The Balaban J connectivity index is 0.731. The molecule has 1 aromatic carbocycles. The molecular weight excluding hydrogens is 957 g/mol. The van der Waals surface area contributed by atoms with Gasteiger partial charge < -0.3 is 25.5 Å². The number of fused-ring (bicyclic) bond motifs is 1. The summed E-state index contributed by atoms with van der Waals surface area (Å²) in [5.41, 5.74) is 7.00. The maximum Gasteiger partial charge on any atom is 0.263 e. The normalized spacial score (nSPS) is 20.5. The monoisotopic (exact) mass is 1030 g/mol. The first-order valence-corrected chi connectivity index (χ1v) is 27.2. The number of hydrogen-bond acceptors (Lipinski definition) is 14. The highest BCUT2D eigenvalue weighted by molar-refractivity contribution is 7.13. The lowest BCUT2D eigenvalue weighted by atomic mass is 9.77. The first-order valence-electron chi connectivity index (χ1n) is 26.3. The zero-order valence-electron chi connectivity index (χ0n) is 43.6. The molecule has 2 aliphatic carbocycles. The number of amides is 3. The zero-order valence-corrected chi connectivity index (χ0v) is 44.4. The number of rotatable bonds is 15. The number of benzene rings is 1. The second kappa shape index (κ2) is 22.3. The van der Waals surface area contributed by atoms with Crippen LogP contribution in [0.4, 0.5) is 5.69 Å². The summed E-state index contributed by atoms with van der Waals surface area (Å²) in [6.45, 7) is 14.9. The number of aliphatic hydroxyl groups excluding tert-OH is 1. The number of likely N-dealkylation sites (tertiary alicyclic amines) is 1. The molecule has 2 aliphatic heterocycles. The third-order valence-corrected chi connectivity index (χ3v) is 16.8. The summed E-state index contributed by atoms with van der Waals surface area (Å²) in [5.74, 6) is -1.97. The molecule has 4 aliphatic rings. The highest BCUT2D eigenvalue weighted by Crippen LogP contribution is 2.37. The fourth-order valence-electron chi connectivity index (χ4n) is 11.6. The van der Waals surface area contributed by atoms with Crippen molar-refractivity contribution >= 4 is 57.3 Å². The number of carbonyl (C=O) groups excluding carboxylic acids is 5. The number of aromatic nitrogens is 5. The van der Waals surface area contributed by atoms with Gasteiger partial charge in [-0.1, -0.05) is 57.9 Å². The summed E-state index contributed by atoms with van der Waals surface area (Å²) >= 11 is 1.58. The Morgan fingerprint density at radius 3 is 2.19 bits per heavy atom. The minimum atomic E-state index is -0.863. The Bertz CT molecular complexity index is 2950. The molecule has 4 fully saturated rings. The molecule has 5 aromatic rings. The second-order valence-corrected chi connectivity index (χ2v) is 22.9. The van der Waals surface area contributed by atoms with Crippen LogP contribution in [0.1, 0.15) is 124 Å². The van der Waals surface area contributed by atoms with Crippen molar-refractivity contribution in [2.45, 2.75) is 124 Å². The van der Waals surface area contributed by atoms with Crippen LogP contribution in [-0.2, 0) is 32.1 Å². The van der Waals surface area contributed by atoms with Gasteiger partial charge in [0, 0.05) is 67.9 Å². The van der Waals surface area contributed by atoms with Gasteiger partial charge in [-0.3, -0.25) is 43.2 Å². The van der Waals surface area contributed by atoms with Gasteiger partial charge in [-0.2, -0.15) is 0 Å². The molecule has 74 heavy (non-hydrogen) atoms. The van der Waals surface area contributed by atoms with E-state index in [2.05, 4.69) is 25.5 Å². The van der Waals surface area contributed by atoms with E-state index in [9.17, 15) is 33.9 Å². The van der Waals surface area contributed by atoms with Gasteiger partial charge in [-0.25, -0.2) is 15.0 Å². The topological polar surface area (TPSA) is 213 Å². The van der Waals surface area contributed by atoms with Crippen LogP contribution in [0.3, 0.4) is 0 Å². The molecule has 0 radical (unpaired) electrons. The van der Waals surface area contributed by atoms with Gasteiger partial charge in [0.05, 0.1) is 64.6 Å². The molecule has 0 spiro atoms. The number of hydrogen-bond donors (Lipinski definition) is 3. The number of Topliss-reactive ketones (excluding diaryl/α,β-unsaturated/α-hetero) is 2. The predicted octanol–water partition coefficient (Wildman–Crippen LogP) is 6.00. The lowest BCUT2D eigenvalue weighted by molar-refractivity contribution is -0.138. The molecule has 17 nitrogen and oxygen atoms in total. The summed E-state index contributed by atoms with van der Waals surface area (Å²) in [6, 6.07) is 11.1. The quantitative estimate of drug-likeness (QED) is 0.103. The van der Waals surface area contributed by atoms with Crippen LogP contribution in [0.15, 0.2) is 59.1 Å². The van der Waals surface area contributed by atoms with E-state index in [1.54, 1.807) is 29.0 Å². The Labute approximate surface area is 436 Å². The molecule has 2 saturated carbocycles. The van der Waals surface area contributed by atoms with E-state index < -0.39 is 29.4 Å². The molecule has 6 heterocycles. The van der Waals surface area contributed by atoms with Gasteiger partial charge in [0.15, 0.2) is 11.6 Å². The highest BCUT2D eigenvalue weighted by atomic mass is 32.1. The van der Waals surface area contributed by atoms with Crippen molar-refractivity contribution in [3.8, 4) is 10.4 Å². The van der Waals surface area contributed by atoms with Crippen LogP contribution in [0.2, 0.25) is 0 Å². The van der Waals surface area contributed by atoms with E-state index in [0.717, 1.165) is 64.1 Å². The second-order valence-electron chi connectivity index (χ2n) is 22.0. The molecule has 392 valence electrons. The average molecular weight is 1030 g/mol. The van der Waals surface area contributed by atoms with Crippen molar-refractivity contribution in [1.82, 2.24) is 44.9 Å². The highest BCUT2D eigenvalue weighted by Gasteiger charge is 2.47. The van der Waals surface area contributed by atoms with E-state index in [-0.39, 0.29) is 78.3 Å². The van der Waals surface area contributed by atoms with Crippen LogP contribution in [-0.4, -0.2) is 127 Å². The van der Waals surface area contributed by atoms with Crippen LogP contribution in [0.5, 0.6) is 0 Å². The van der Waals surface area contributed by atoms with E-state index in [1.807, 2.05) is 85.6 Å². The lowest BCUT2D eigenvalue weighted by Gasteiger charge is -2.39. The molecule has 4 aromatic heterocycles. The van der Waals surface area contributed by atoms with Crippen molar-refractivity contribution in [1.29, 1.82) is 0 Å². The summed E-state index contributed by atoms with van der Waals surface area (Å²) in [5, 5.41) is 17.5. The first-order chi connectivity index (χ1) is 35.4. The van der Waals surface area contributed by atoms with Gasteiger partial charge in [0.2, 0.25) is 17.7 Å². The minimum Gasteiger partial charge on any atom is -0.393 e. The number of aliphatic hydroxyl groups is 1. The third kappa shape index (κ3) is 11.5. The Kier molecular flexibility index (Phi) is 15.9. The molecule has 3 N–H and O–H groups in total. The van der Waals surface area contributed by atoms with Crippen LogP contribution < -0.4 is 21.1 Å². The van der Waals surface area contributed by atoms with Gasteiger partial charge in [0.25, 0.3) is 5.56 Å². The molecule has 4 atom stereocenters. The van der Waals surface area contributed by atoms with Crippen molar-refractivity contribution in [3.63, 3.8) is 0 Å². The smallest absolute Gasteiger partial charge is 0.263 e. The maximum absolute atomic E-state index is 14.3. The number of piperidine rings is 1. The van der Waals surface area contributed by atoms with Gasteiger partial charge in [0.1, 0.15) is 11.5 Å². The Hall–Kier alpha value is -6.24. The van der Waals surface area contributed by atoms with Crippen LogP contribution in [0.25, 0.3) is 21.5 Å². The molecule has 9 rings (SSSR count). The largest absolute Gasteiger partial charge is 0.393 e. The Morgan fingerprint density at radius 2 is 1.55 bits per heavy atom. The molecule has 2 saturated heterocycles. The Morgan fingerprint density at radius 1 is 0.851 bits per heavy atom. The number of aryl methyl sites for hydroxylation is 2. The summed E-state index contributed by atoms with van der Waals surface area (Å²) < 4.78 is 1.73. The molecule has 3 amide bonds. The number of anilines is 1. The van der Waals surface area contributed by atoms with Crippen LogP contribution >= 0.6 is 11.3 Å². The van der Waals surface area contributed by atoms with E-state index in [4.69, 9.17) is 9.97 Å². The lowest BCUT2D eigenvalue weighted by Crippen LogP contribution is -2.55. The molecule has 18 heteroatoms. The predicted molar refractivity (Wildman–Crippen MR) is 284 cm³/mol. The van der Waals surface area contributed by atoms with Crippen LogP contribution in [0, 0.1) is 37.0 Å². The van der Waals surface area contributed by atoms with E-state index >= 15 is 0 Å². The number of thiazole rings is 1. The fraction of sp³-hybridized carbons (Fsp3) is 0.536. The van der Waals surface area contributed by atoms with Crippen molar-refractivity contribution in [2.75, 3.05) is 50.7 Å². The fourth-order valence-corrected chi connectivity index (χ4v) is 12.5. The first kappa shape index (κ1) is 52.6. The number of nitrogens with zero attached hydrogens (tertiary/aromatic N) is 8. The number of piperazine rings is 1. The summed E-state index contributed by atoms with van der Waals surface area (Å²) in [7, 11) is 0. The van der Waals surface area contributed by atoms with Crippen molar-refractivity contribution in [2.24, 2.45) is 23.2 Å². The summed E-state index contributed by atoms with van der Waals surface area (Å²) in [6.07, 6.45) is 8.58. The zero-order chi connectivity index (χ0) is 52.4. The van der Waals surface area contributed by atoms with E-state index in [0.29, 0.717) is 75.6 Å². The number of ketones is 2. The van der Waals surface area contributed by atoms with Gasteiger partial charge >= 0.3 is 0 Å². The standard InChI is InChI=1S/C56H70N10O7S/c1-33-45-30-58-46(61-52(45)66(40-9-7-8-10-40)55(73)48(33)35(3)67)25-39-15-16-41(29-57-39)64-21-23-65(24-22-64)54(72)38-17-19-63(20-18-38)31-47(69)62-51(56(4,5)6)49(70)43-26-42(68)27-44(43)53(71)59-28-36-11-13-37(14-12-36)50-34(2)60-32-74-50/h11-16,29-30,32,38,40,42-44,51,68H,7-10,17-28,31H2,1-6H3,(H,59,71)(H,62,69)/t42-,43?,44+,51+/m0/s1. The maximum atomic E-state index is 14.3. The van der Waals surface area contributed by atoms with Crippen molar-refractivity contribution < 1.29 is 29.1 Å². The van der Waals surface area contributed by atoms with Crippen molar-refractivity contribution in [3.05, 3.63) is 98.6 Å².